The highest BCUT2D eigenvalue weighted by molar-refractivity contribution is 5.88. The van der Waals surface area contributed by atoms with E-state index in [0.717, 1.165) is 49.0 Å². The number of carbonyl (C=O) groups is 1. The van der Waals surface area contributed by atoms with Gasteiger partial charge in [0.05, 0.1) is 5.39 Å². The number of hydrogen-bond acceptors (Lipinski definition) is 5. The van der Waals surface area contributed by atoms with E-state index in [1.807, 2.05) is 30.9 Å². The lowest BCUT2D eigenvalue weighted by molar-refractivity contribution is -0.135. The summed E-state index contributed by atoms with van der Waals surface area (Å²) in [5, 5.41) is 0.774. The average molecular weight is 427 g/mol. The second-order valence-corrected chi connectivity index (χ2v) is 9.60. The van der Waals surface area contributed by atoms with Gasteiger partial charge < -0.3 is 19.0 Å². The van der Waals surface area contributed by atoms with E-state index in [1.54, 1.807) is 6.92 Å². The Morgan fingerprint density at radius 1 is 1.03 bits per heavy atom. The first kappa shape index (κ1) is 21.9. The van der Waals surface area contributed by atoms with E-state index in [1.165, 1.54) is 25.8 Å². The van der Waals surface area contributed by atoms with Gasteiger partial charge in [-0.2, -0.15) is 0 Å². The van der Waals surface area contributed by atoms with Crippen LogP contribution in [-0.2, 0) is 4.79 Å². The third-order valence-corrected chi connectivity index (χ3v) is 7.46. The first-order valence-corrected chi connectivity index (χ1v) is 11.4. The van der Waals surface area contributed by atoms with Gasteiger partial charge in [0.1, 0.15) is 11.3 Å². The van der Waals surface area contributed by atoms with Crippen molar-refractivity contribution in [3.05, 3.63) is 39.2 Å². The van der Waals surface area contributed by atoms with Crippen molar-refractivity contribution in [2.24, 2.45) is 5.41 Å². The normalized spacial score (nSPS) is 19.5. The molecule has 2 aliphatic rings. The fourth-order valence-corrected chi connectivity index (χ4v) is 5.15. The number of carbonyl (C=O) groups excluding carboxylic acids is 1. The average Bonchev–Trinajstić information content (AvgIpc) is 2.92. The zero-order valence-corrected chi connectivity index (χ0v) is 19.3. The first-order valence-electron chi connectivity index (χ1n) is 11.4. The van der Waals surface area contributed by atoms with E-state index in [-0.39, 0.29) is 18.1 Å². The smallest absolute Gasteiger partial charge is 0.339 e. The predicted molar refractivity (Wildman–Crippen MR) is 122 cm³/mol. The van der Waals surface area contributed by atoms with Crippen molar-refractivity contribution in [3.8, 4) is 5.75 Å². The summed E-state index contributed by atoms with van der Waals surface area (Å²) in [5.41, 5.74) is 2.93. The van der Waals surface area contributed by atoms with Crippen LogP contribution >= 0.6 is 0 Å². The summed E-state index contributed by atoms with van der Waals surface area (Å²) >= 11 is 0. The molecule has 1 spiro atoms. The quantitative estimate of drug-likeness (QED) is 0.698. The van der Waals surface area contributed by atoms with Crippen molar-refractivity contribution in [1.82, 2.24) is 9.80 Å². The lowest BCUT2D eigenvalue weighted by Crippen LogP contribution is -2.45. The van der Waals surface area contributed by atoms with Crippen LogP contribution in [0.1, 0.15) is 48.8 Å². The number of nitrogens with zero attached hydrogens (tertiary/aromatic N) is 2. The molecule has 0 bridgehead atoms. The number of hydrogen-bond donors (Lipinski definition) is 0. The Hall–Kier alpha value is -2.34. The lowest BCUT2D eigenvalue weighted by atomic mass is 9.73. The molecule has 31 heavy (non-hydrogen) atoms. The van der Waals surface area contributed by atoms with E-state index in [9.17, 15) is 9.59 Å². The van der Waals surface area contributed by atoms with Crippen LogP contribution in [0.3, 0.4) is 0 Å². The minimum atomic E-state index is -0.329. The Morgan fingerprint density at radius 3 is 2.48 bits per heavy atom. The van der Waals surface area contributed by atoms with Gasteiger partial charge in [0.2, 0.25) is 0 Å². The summed E-state index contributed by atoms with van der Waals surface area (Å²) in [6.07, 6.45) is 5.94. The Kier molecular flexibility index (Phi) is 6.11. The molecule has 0 unspecified atom stereocenters. The molecule has 0 saturated carbocycles. The highest BCUT2D eigenvalue weighted by atomic mass is 16.5. The molecule has 2 aliphatic heterocycles. The monoisotopic (exact) mass is 426 g/mol. The highest BCUT2D eigenvalue weighted by Crippen LogP contribution is 2.41. The molecule has 3 heterocycles. The van der Waals surface area contributed by atoms with Gasteiger partial charge in [-0.05, 0) is 102 Å². The van der Waals surface area contributed by atoms with Gasteiger partial charge >= 0.3 is 5.63 Å². The second kappa shape index (κ2) is 8.65. The van der Waals surface area contributed by atoms with Crippen LogP contribution in [0.2, 0.25) is 0 Å². The van der Waals surface area contributed by atoms with Crippen LogP contribution in [0.25, 0.3) is 11.0 Å². The molecule has 2 fully saturated rings. The van der Waals surface area contributed by atoms with Crippen LogP contribution in [0.15, 0.2) is 21.3 Å². The van der Waals surface area contributed by atoms with Crippen molar-refractivity contribution in [2.45, 2.75) is 52.9 Å². The zero-order chi connectivity index (χ0) is 22.2. The summed E-state index contributed by atoms with van der Waals surface area (Å²) in [6.45, 7) is 9.55. The van der Waals surface area contributed by atoms with E-state index in [4.69, 9.17) is 9.15 Å². The SMILES string of the molecule is Cc1cc(OCC(=O)N2CCC3(CCCN(C)CC3)CC2)c2c(C)c(C)c(=O)oc2c1. The van der Waals surface area contributed by atoms with Gasteiger partial charge in [0, 0.05) is 18.7 Å². The minimum absolute atomic E-state index is 0.00586. The Labute approximate surface area is 184 Å². The van der Waals surface area contributed by atoms with Gasteiger partial charge in [-0.25, -0.2) is 4.79 Å². The maximum Gasteiger partial charge on any atom is 0.339 e. The molecule has 0 N–H and O–H groups in total. The van der Waals surface area contributed by atoms with E-state index >= 15 is 0 Å². The van der Waals surface area contributed by atoms with Crippen molar-refractivity contribution < 1.29 is 13.9 Å². The molecule has 0 atom stereocenters. The van der Waals surface area contributed by atoms with Crippen LogP contribution in [0.4, 0.5) is 0 Å². The number of aryl methyl sites for hydroxylation is 2. The third kappa shape index (κ3) is 4.49. The van der Waals surface area contributed by atoms with Crippen LogP contribution in [-0.4, -0.2) is 55.5 Å². The molecule has 168 valence electrons. The van der Waals surface area contributed by atoms with Crippen molar-refractivity contribution >= 4 is 16.9 Å². The van der Waals surface area contributed by atoms with Crippen LogP contribution in [0.5, 0.6) is 5.75 Å². The second-order valence-electron chi connectivity index (χ2n) is 9.60. The molecule has 2 saturated heterocycles. The van der Waals surface area contributed by atoms with Crippen LogP contribution < -0.4 is 10.4 Å². The first-order chi connectivity index (χ1) is 14.8. The number of benzene rings is 1. The largest absolute Gasteiger partial charge is 0.483 e. The molecule has 1 aromatic carbocycles. The molecule has 2 aromatic rings. The number of fused-ring (bicyclic) bond motifs is 1. The van der Waals surface area contributed by atoms with Gasteiger partial charge in [0.15, 0.2) is 6.61 Å². The molecule has 0 aliphatic carbocycles. The summed E-state index contributed by atoms with van der Waals surface area (Å²) < 4.78 is 11.5. The number of amides is 1. The fourth-order valence-electron chi connectivity index (χ4n) is 5.15. The maximum absolute atomic E-state index is 12.9. The summed E-state index contributed by atoms with van der Waals surface area (Å²) in [7, 11) is 2.21. The zero-order valence-electron chi connectivity index (χ0n) is 19.3. The standard InChI is InChI=1S/C25H34N2O4/c1-17-14-20(23-18(2)19(3)24(29)31-21(23)15-17)30-16-22(28)27-12-8-25(9-13-27)6-5-10-26(4)11-7-25/h14-15H,5-13,16H2,1-4H3. The van der Waals surface area contributed by atoms with Gasteiger partial charge in [-0.3, -0.25) is 4.79 Å². The van der Waals surface area contributed by atoms with E-state index < -0.39 is 0 Å². The minimum Gasteiger partial charge on any atom is -0.483 e. The predicted octanol–water partition coefficient (Wildman–Crippen LogP) is 3.82. The van der Waals surface area contributed by atoms with E-state index in [0.29, 0.717) is 22.3 Å². The molecule has 1 amide bonds. The number of ether oxygens (including phenoxy) is 1. The van der Waals surface area contributed by atoms with Gasteiger partial charge in [0.25, 0.3) is 5.91 Å². The summed E-state index contributed by atoms with van der Waals surface area (Å²) in [5.74, 6) is 0.634. The number of likely N-dealkylation sites (tertiary alicyclic amines) is 2. The summed E-state index contributed by atoms with van der Waals surface area (Å²) in [6, 6.07) is 3.75. The Morgan fingerprint density at radius 2 is 1.74 bits per heavy atom. The molecular weight excluding hydrogens is 392 g/mol. The number of rotatable bonds is 3. The molecule has 6 nitrogen and oxygen atoms in total. The fraction of sp³-hybridized carbons (Fsp3) is 0.600. The van der Waals surface area contributed by atoms with E-state index in [2.05, 4.69) is 11.9 Å². The molecule has 4 rings (SSSR count). The lowest BCUT2D eigenvalue weighted by Gasteiger charge is -2.41. The summed E-state index contributed by atoms with van der Waals surface area (Å²) in [4.78, 5) is 29.3. The van der Waals surface area contributed by atoms with Gasteiger partial charge in [-0.15, -0.1) is 0 Å². The molecule has 1 aromatic heterocycles. The van der Waals surface area contributed by atoms with Crippen LogP contribution in [0, 0.1) is 26.2 Å². The Bertz CT molecular complexity index is 1030. The highest BCUT2D eigenvalue weighted by Gasteiger charge is 2.36. The molecule has 6 heteroatoms. The Balaban J connectivity index is 1.43. The number of piperidine rings is 1. The molecule has 0 radical (unpaired) electrons. The maximum atomic E-state index is 12.9. The topological polar surface area (TPSA) is 63.0 Å². The molecular formula is C25H34N2O4. The van der Waals surface area contributed by atoms with Crippen molar-refractivity contribution in [1.29, 1.82) is 0 Å². The third-order valence-electron chi connectivity index (χ3n) is 7.46. The van der Waals surface area contributed by atoms with Gasteiger partial charge in [-0.1, -0.05) is 0 Å². The van der Waals surface area contributed by atoms with Crippen molar-refractivity contribution in [3.63, 3.8) is 0 Å². The van der Waals surface area contributed by atoms with Crippen molar-refractivity contribution in [2.75, 3.05) is 39.8 Å².